The second kappa shape index (κ2) is 9.50. The van der Waals surface area contributed by atoms with Crippen molar-refractivity contribution in [2.24, 2.45) is 0 Å². The molecule has 0 amide bonds. The summed E-state index contributed by atoms with van der Waals surface area (Å²) in [6, 6.07) is 8.51. The van der Waals surface area contributed by atoms with E-state index in [-0.39, 0.29) is 5.41 Å². The summed E-state index contributed by atoms with van der Waals surface area (Å²) in [5.41, 5.74) is 1.38. The third-order valence-electron chi connectivity index (χ3n) is 3.12. The second-order valence-electron chi connectivity index (χ2n) is 4.41. The van der Waals surface area contributed by atoms with E-state index in [2.05, 4.69) is 72.1 Å². The number of methoxy groups -OCH3 is 1. The normalized spacial score (nSPS) is 11.8. The Morgan fingerprint density at radius 1 is 1.00 bits per heavy atom. The van der Waals surface area contributed by atoms with E-state index in [0.717, 1.165) is 28.2 Å². The van der Waals surface area contributed by atoms with E-state index in [9.17, 15) is 0 Å². The first kappa shape index (κ1) is 17.6. The highest BCUT2D eigenvalue weighted by Crippen LogP contribution is 2.33. The fourth-order valence-corrected chi connectivity index (χ4v) is 4.18. The molecule has 0 heterocycles. The van der Waals surface area contributed by atoms with Crippen molar-refractivity contribution >= 4 is 47.8 Å². The van der Waals surface area contributed by atoms with Gasteiger partial charge in [-0.3, -0.25) is 0 Å². The SMILES string of the molecule is COCCOCCC(CBr)(CBr)c1ccc(Br)cc1. The molecule has 0 N–H and O–H groups in total. The van der Waals surface area contributed by atoms with Crippen LogP contribution in [0.15, 0.2) is 28.7 Å². The van der Waals surface area contributed by atoms with Crippen molar-refractivity contribution in [3.63, 3.8) is 0 Å². The lowest BCUT2D eigenvalue weighted by atomic mass is 9.82. The Labute approximate surface area is 140 Å². The van der Waals surface area contributed by atoms with Crippen LogP contribution in [-0.4, -0.2) is 37.6 Å². The van der Waals surface area contributed by atoms with E-state index < -0.39 is 0 Å². The molecule has 0 aliphatic heterocycles. The summed E-state index contributed by atoms with van der Waals surface area (Å²) >= 11 is 10.8. The molecule has 0 fully saturated rings. The van der Waals surface area contributed by atoms with Crippen molar-refractivity contribution in [1.82, 2.24) is 0 Å². The smallest absolute Gasteiger partial charge is 0.0700 e. The number of rotatable bonds is 9. The van der Waals surface area contributed by atoms with Crippen LogP contribution in [0.25, 0.3) is 0 Å². The van der Waals surface area contributed by atoms with Crippen LogP contribution >= 0.6 is 47.8 Å². The first-order valence-corrected chi connectivity index (χ1v) is 9.17. The van der Waals surface area contributed by atoms with Gasteiger partial charge in [0.1, 0.15) is 0 Å². The summed E-state index contributed by atoms with van der Waals surface area (Å²) in [5.74, 6) is 0. The van der Waals surface area contributed by atoms with Gasteiger partial charge in [-0.2, -0.15) is 0 Å². The molecule has 0 unspecified atom stereocenters. The fraction of sp³-hybridized carbons (Fsp3) is 0.571. The molecular formula is C14H19Br3O2. The molecule has 1 aromatic rings. The van der Waals surface area contributed by atoms with Gasteiger partial charge in [-0.05, 0) is 24.1 Å². The zero-order valence-electron chi connectivity index (χ0n) is 11.0. The minimum Gasteiger partial charge on any atom is -0.382 e. The van der Waals surface area contributed by atoms with Gasteiger partial charge in [0.05, 0.1) is 13.2 Å². The molecule has 0 aliphatic carbocycles. The summed E-state index contributed by atoms with van der Waals surface area (Å²) in [6.45, 7) is 2.03. The van der Waals surface area contributed by atoms with Crippen molar-refractivity contribution in [1.29, 1.82) is 0 Å². The van der Waals surface area contributed by atoms with Gasteiger partial charge >= 0.3 is 0 Å². The van der Waals surface area contributed by atoms with Gasteiger partial charge in [0.25, 0.3) is 0 Å². The van der Waals surface area contributed by atoms with Crippen molar-refractivity contribution in [3.8, 4) is 0 Å². The van der Waals surface area contributed by atoms with Crippen molar-refractivity contribution in [2.75, 3.05) is 37.6 Å². The number of halogens is 3. The maximum atomic E-state index is 5.60. The fourth-order valence-electron chi connectivity index (χ4n) is 1.78. The van der Waals surface area contributed by atoms with E-state index in [1.54, 1.807) is 7.11 Å². The highest BCUT2D eigenvalue weighted by Gasteiger charge is 2.29. The van der Waals surface area contributed by atoms with Crippen LogP contribution < -0.4 is 0 Å². The molecule has 0 atom stereocenters. The predicted octanol–water partition coefficient (Wildman–Crippen LogP) is 4.53. The molecule has 2 nitrogen and oxygen atoms in total. The lowest BCUT2D eigenvalue weighted by molar-refractivity contribution is 0.0635. The summed E-state index contributed by atoms with van der Waals surface area (Å²) < 4.78 is 11.7. The summed E-state index contributed by atoms with van der Waals surface area (Å²) in [4.78, 5) is 0. The van der Waals surface area contributed by atoms with Gasteiger partial charge in [0.2, 0.25) is 0 Å². The zero-order chi connectivity index (χ0) is 14.1. The van der Waals surface area contributed by atoms with Crippen LogP contribution in [-0.2, 0) is 14.9 Å². The van der Waals surface area contributed by atoms with Gasteiger partial charge in [-0.15, -0.1) is 0 Å². The summed E-state index contributed by atoms with van der Waals surface area (Å²) in [7, 11) is 1.69. The molecule has 0 aliphatic rings. The predicted molar refractivity (Wildman–Crippen MR) is 90.7 cm³/mol. The maximum absolute atomic E-state index is 5.60. The maximum Gasteiger partial charge on any atom is 0.0700 e. The highest BCUT2D eigenvalue weighted by atomic mass is 79.9. The molecule has 108 valence electrons. The Morgan fingerprint density at radius 3 is 2.16 bits per heavy atom. The van der Waals surface area contributed by atoms with Crippen LogP contribution in [0.1, 0.15) is 12.0 Å². The third kappa shape index (κ3) is 5.46. The monoisotopic (exact) mass is 456 g/mol. The molecule has 1 rings (SSSR count). The van der Waals surface area contributed by atoms with Gasteiger partial charge in [0, 0.05) is 34.3 Å². The van der Waals surface area contributed by atoms with Gasteiger partial charge in [-0.25, -0.2) is 0 Å². The first-order chi connectivity index (χ1) is 9.18. The zero-order valence-corrected chi connectivity index (χ0v) is 15.8. The lowest BCUT2D eigenvalue weighted by Gasteiger charge is -2.30. The van der Waals surface area contributed by atoms with Crippen molar-refractivity contribution < 1.29 is 9.47 Å². The van der Waals surface area contributed by atoms with E-state index in [1.165, 1.54) is 5.56 Å². The highest BCUT2D eigenvalue weighted by molar-refractivity contribution is 9.10. The Hall–Kier alpha value is 0.580. The minimum atomic E-state index is 0.0633. The summed E-state index contributed by atoms with van der Waals surface area (Å²) in [6.07, 6.45) is 0.967. The topological polar surface area (TPSA) is 18.5 Å². The molecule has 1 aromatic carbocycles. The molecule has 0 aromatic heterocycles. The number of benzene rings is 1. The standard InChI is InChI=1S/C14H19Br3O2/c1-18-8-9-19-7-6-14(10-15,11-16)12-2-4-13(17)5-3-12/h2-5H,6-11H2,1H3. The first-order valence-electron chi connectivity index (χ1n) is 6.13. The average Bonchev–Trinajstić information content (AvgIpc) is 2.45. The molecule has 0 saturated carbocycles. The number of alkyl halides is 2. The van der Waals surface area contributed by atoms with Crippen LogP contribution in [0, 0.1) is 0 Å². The number of hydrogen-bond acceptors (Lipinski definition) is 2. The Bertz CT molecular complexity index is 350. The lowest BCUT2D eigenvalue weighted by Crippen LogP contribution is -2.32. The van der Waals surface area contributed by atoms with Crippen LogP contribution in [0.3, 0.4) is 0 Å². The van der Waals surface area contributed by atoms with Gasteiger partial charge in [0.15, 0.2) is 0 Å². The molecule has 0 saturated heterocycles. The van der Waals surface area contributed by atoms with Crippen LogP contribution in [0.2, 0.25) is 0 Å². The Kier molecular flexibility index (Phi) is 8.82. The average molecular weight is 459 g/mol. The minimum absolute atomic E-state index is 0.0633. The molecule has 0 bridgehead atoms. The third-order valence-corrected chi connectivity index (χ3v) is 5.80. The van der Waals surface area contributed by atoms with E-state index in [4.69, 9.17) is 9.47 Å². The summed E-state index contributed by atoms with van der Waals surface area (Å²) in [5, 5.41) is 1.81. The van der Waals surface area contributed by atoms with Crippen LogP contribution in [0.4, 0.5) is 0 Å². The van der Waals surface area contributed by atoms with Crippen LogP contribution in [0.5, 0.6) is 0 Å². The molecule has 5 heteroatoms. The molecule has 0 spiro atoms. The van der Waals surface area contributed by atoms with Crippen molar-refractivity contribution in [3.05, 3.63) is 34.3 Å². The van der Waals surface area contributed by atoms with Crippen molar-refractivity contribution in [2.45, 2.75) is 11.8 Å². The van der Waals surface area contributed by atoms with Gasteiger partial charge < -0.3 is 9.47 Å². The largest absolute Gasteiger partial charge is 0.382 e. The Balaban J connectivity index is 2.65. The van der Waals surface area contributed by atoms with Gasteiger partial charge in [-0.1, -0.05) is 59.9 Å². The second-order valence-corrected chi connectivity index (χ2v) is 6.45. The number of ether oxygens (including phenoxy) is 2. The molecular weight excluding hydrogens is 440 g/mol. The van der Waals surface area contributed by atoms with E-state index in [1.807, 2.05) is 0 Å². The quantitative estimate of drug-likeness (QED) is 0.400. The molecule has 19 heavy (non-hydrogen) atoms. The molecule has 0 radical (unpaired) electrons. The number of hydrogen-bond donors (Lipinski definition) is 0. The van der Waals surface area contributed by atoms with E-state index >= 15 is 0 Å². The Morgan fingerprint density at radius 2 is 1.63 bits per heavy atom. The van der Waals surface area contributed by atoms with E-state index in [0.29, 0.717) is 13.2 Å².